The molecule has 1 fully saturated rings. The maximum atomic E-state index is 12.8. The Morgan fingerprint density at radius 3 is 2.46 bits per heavy atom. The summed E-state index contributed by atoms with van der Waals surface area (Å²) in [7, 11) is 1.84. The zero-order valence-corrected chi connectivity index (χ0v) is 20.9. The SMILES string of the molecule is CCCCN(C)C(=O)c1ncn2c(C3CCN(Cc4cccnc4)CC3)ccnc12.O=C(O)C(F)(F)F. The van der Waals surface area contributed by atoms with E-state index in [1.807, 2.05) is 36.1 Å². The van der Waals surface area contributed by atoms with Crippen LogP contribution in [0.1, 0.15) is 60.3 Å². The summed E-state index contributed by atoms with van der Waals surface area (Å²) in [6.45, 7) is 5.90. The minimum Gasteiger partial charge on any atom is -0.475 e. The summed E-state index contributed by atoms with van der Waals surface area (Å²) >= 11 is 0. The number of alkyl halides is 3. The quantitative estimate of drug-likeness (QED) is 0.502. The van der Waals surface area contributed by atoms with Gasteiger partial charge in [-0.2, -0.15) is 13.2 Å². The van der Waals surface area contributed by atoms with Crippen LogP contribution in [0.25, 0.3) is 5.65 Å². The first kappa shape index (κ1) is 28.0. The molecule has 0 aromatic carbocycles. The van der Waals surface area contributed by atoms with Crippen LogP contribution in [0.4, 0.5) is 13.2 Å². The van der Waals surface area contributed by atoms with Gasteiger partial charge in [0, 0.05) is 50.3 Å². The predicted octanol–water partition coefficient (Wildman–Crippen LogP) is 4.01. The molecule has 0 spiro atoms. The molecule has 12 heteroatoms. The van der Waals surface area contributed by atoms with E-state index in [2.05, 4.69) is 38.9 Å². The van der Waals surface area contributed by atoms with E-state index in [9.17, 15) is 18.0 Å². The summed E-state index contributed by atoms with van der Waals surface area (Å²) in [6.07, 6.45) is 6.47. The fraction of sp³-hybridized carbons (Fsp3) is 0.480. The van der Waals surface area contributed by atoms with Gasteiger partial charge in [-0.25, -0.2) is 14.8 Å². The van der Waals surface area contributed by atoms with E-state index in [0.29, 0.717) is 17.3 Å². The average molecular weight is 521 g/mol. The Bertz CT molecular complexity index is 1180. The van der Waals surface area contributed by atoms with Crippen molar-refractivity contribution in [3.8, 4) is 0 Å². The third kappa shape index (κ3) is 7.48. The highest BCUT2D eigenvalue weighted by molar-refractivity contribution is 5.97. The first-order valence-electron chi connectivity index (χ1n) is 12.1. The summed E-state index contributed by atoms with van der Waals surface area (Å²) < 4.78 is 33.8. The van der Waals surface area contributed by atoms with Crippen LogP contribution in [0.5, 0.6) is 0 Å². The van der Waals surface area contributed by atoms with E-state index in [1.54, 1.807) is 11.2 Å². The number of carboxylic acid groups (broad SMARTS) is 1. The Balaban J connectivity index is 0.000000479. The molecule has 200 valence electrons. The van der Waals surface area contributed by atoms with E-state index in [-0.39, 0.29) is 5.91 Å². The van der Waals surface area contributed by atoms with Crippen LogP contribution in [0, 0.1) is 0 Å². The van der Waals surface area contributed by atoms with E-state index in [0.717, 1.165) is 51.9 Å². The summed E-state index contributed by atoms with van der Waals surface area (Å²) in [5.74, 6) is -2.37. The lowest BCUT2D eigenvalue weighted by Gasteiger charge is -2.32. The highest BCUT2D eigenvalue weighted by Crippen LogP contribution is 2.29. The molecule has 0 aliphatic carbocycles. The Labute approximate surface area is 213 Å². The normalized spacial score (nSPS) is 14.7. The summed E-state index contributed by atoms with van der Waals surface area (Å²) in [5.41, 5.74) is 3.57. The molecule has 0 saturated carbocycles. The number of rotatable bonds is 7. The van der Waals surface area contributed by atoms with Crippen molar-refractivity contribution in [1.82, 2.24) is 29.2 Å². The fourth-order valence-corrected chi connectivity index (χ4v) is 4.22. The van der Waals surface area contributed by atoms with Gasteiger partial charge in [-0.3, -0.25) is 19.1 Å². The topological polar surface area (TPSA) is 104 Å². The van der Waals surface area contributed by atoms with Gasteiger partial charge in [0.05, 0.1) is 0 Å². The van der Waals surface area contributed by atoms with Gasteiger partial charge in [0.25, 0.3) is 5.91 Å². The molecule has 1 aliphatic heterocycles. The van der Waals surface area contributed by atoms with E-state index >= 15 is 0 Å². The van der Waals surface area contributed by atoms with Crippen molar-refractivity contribution in [2.24, 2.45) is 0 Å². The van der Waals surface area contributed by atoms with Crippen LogP contribution in [0.2, 0.25) is 0 Å². The number of amides is 1. The van der Waals surface area contributed by atoms with Gasteiger partial charge in [0.2, 0.25) is 0 Å². The Morgan fingerprint density at radius 1 is 1.16 bits per heavy atom. The molecule has 3 aromatic rings. The van der Waals surface area contributed by atoms with Crippen molar-refractivity contribution >= 4 is 17.5 Å². The van der Waals surface area contributed by atoms with Crippen molar-refractivity contribution in [3.05, 3.63) is 60.1 Å². The summed E-state index contributed by atoms with van der Waals surface area (Å²) in [4.78, 5) is 39.1. The van der Waals surface area contributed by atoms with E-state index in [4.69, 9.17) is 9.90 Å². The van der Waals surface area contributed by atoms with Gasteiger partial charge >= 0.3 is 12.1 Å². The first-order valence-corrected chi connectivity index (χ1v) is 12.1. The lowest BCUT2D eigenvalue weighted by Crippen LogP contribution is -2.33. The molecular formula is C25H31F3N6O3. The van der Waals surface area contributed by atoms with Crippen LogP contribution in [-0.4, -0.2) is 79.0 Å². The molecule has 1 amide bonds. The number of carbonyl (C=O) groups excluding carboxylic acids is 1. The zero-order chi connectivity index (χ0) is 27.0. The number of nitrogens with zero attached hydrogens (tertiary/aromatic N) is 6. The van der Waals surface area contributed by atoms with Crippen molar-refractivity contribution in [2.45, 2.75) is 51.2 Å². The number of imidazole rings is 1. The molecule has 0 atom stereocenters. The van der Waals surface area contributed by atoms with Crippen LogP contribution in [0.15, 0.2) is 43.1 Å². The Hall–Kier alpha value is -3.54. The van der Waals surface area contributed by atoms with E-state index in [1.165, 1.54) is 11.3 Å². The Morgan fingerprint density at radius 2 is 1.86 bits per heavy atom. The average Bonchev–Trinajstić information content (AvgIpc) is 3.32. The number of pyridine rings is 1. The third-order valence-corrected chi connectivity index (χ3v) is 6.24. The summed E-state index contributed by atoms with van der Waals surface area (Å²) in [5, 5.41) is 7.12. The molecule has 0 radical (unpaired) electrons. The number of hydrogen-bond acceptors (Lipinski definition) is 6. The van der Waals surface area contributed by atoms with Crippen molar-refractivity contribution in [2.75, 3.05) is 26.7 Å². The highest BCUT2D eigenvalue weighted by Gasteiger charge is 2.38. The number of carboxylic acids is 1. The number of piperidine rings is 1. The lowest BCUT2D eigenvalue weighted by molar-refractivity contribution is -0.192. The molecule has 0 unspecified atom stereocenters. The number of aliphatic carboxylic acids is 1. The van der Waals surface area contributed by atoms with Crippen LogP contribution in [0.3, 0.4) is 0 Å². The Kier molecular flexibility index (Phi) is 9.56. The van der Waals surface area contributed by atoms with Gasteiger partial charge in [-0.05, 0) is 50.0 Å². The molecule has 9 nitrogen and oxygen atoms in total. The number of hydrogen-bond donors (Lipinski definition) is 1. The second-order valence-corrected chi connectivity index (χ2v) is 8.95. The van der Waals surface area contributed by atoms with E-state index < -0.39 is 12.1 Å². The van der Waals surface area contributed by atoms with Gasteiger partial charge in [-0.1, -0.05) is 19.4 Å². The zero-order valence-electron chi connectivity index (χ0n) is 20.9. The second-order valence-electron chi connectivity index (χ2n) is 8.95. The number of likely N-dealkylation sites (tertiary alicyclic amines) is 1. The number of fused-ring (bicyclic) bond motifs is 1. The minimum absolute atomic E-state index is 0.0538. The van der Waals surface area contributed by atoms with Gasteiger partial charge in [-0.15, -0.1) is 0 Å². The smallest absolute Gasteiger partial charge is 0.475 e. The van der Waals surface area contributed by atoms with Crippen LogP contribution in [-0.2, 0) is 11.3 Å². The highest BCUT2D eigenvalue weighted by atomic mass is 19.4. The van der Waals surface area contributed by atoms with Crippen molar-refractivity contribution in [3.63, 3.8) is 0 Å². The largest absolute Gasteiger partial charge is 0.490 e. The first-order chi connectivity index (χ1) is 17.6. The van der Waals surface area contributed by atoms with Crippen LogP contribution < -0.4 is 0 Å². The van der Waals surface area contributed by atoms with Crippen molar-refractivity contribution in [1.29, 1.82) is 0 Å². The minimum atomic E-state index is -5.08. The molecule has 3 aromatic heterocycles. The predicted molar refractivity (Wildman–Crippen MR) is 130 cm³/mol. The van der Waals surface area contributed by atoms with Gasteiger partial charge < -0.3 is 10.0 Å². The summed E-state index contributed by atoms with van der Waals surface area (Å²) in [6, 6.07) is 6.20. The monoisotopic (exact) mass is 520 g/mol. The lowest BCUT2D eigenvalue weighted by atomic mass is 9.93. The maximum absolute atomic E-state index is 12.8. The molecule has 0 bridgehead atoms. The van der Waals surface area contributed by atoms with Gasteiger partial charge in [0.15, 0.2) is 11.3 Å². The maximum Gasteiger partial charge on any atom is 0.490 e. The standard InChI is InChI=1S/C23H30N6O.C2HF3O2/c1-3-4-12-27(2)23(30)21-22-25-11-7-20(29(22)17-26-21)19-8-13-28(14-9-19)16-18-6-5-10-24-15-18;3-2(4,5)1(6)7/h5-7,10-11,15,17,19H,3-4,8-9,12-14,16H2,1-2H3;(H,6,7). The molecule has 4 heterocycles. The van der Waals surface area contributed by atoms with Crippen molar-refractivity contribution < 1.29 is 27.9 Å². The van der Waals surface area contributed by atoms with Gasteiger partial charge in [0.1, 0.15) is 6.33 Å². The molecule has 37 heavy (non-hydrogen) atoms. The fourth-order valence-electron chi connectivity index (χ4n) is 4.22. The number of unbranched alkanes of at least 4 members (excludes halogenated alkanes) is 1. The molecule has 1 saturated heterocycles. The number of carbonyl (C=O) groups is 2. The van der Waals surface area contributed by atoms with Crippen LogP contribution >= 0.6 is 0 Å². The third-order valence-electron chi connectivity index (χ3n) is 6.24. The second kappa shape index (κ2) is 12.6. The molecule has 1 aliphatic rings. The number of halogens is 3. The number of aromatic nitrogens is 4. The molecular weight excluding hydrogens is 489 g/mol. The molecule has 1 N–H and O–H groups in total. The molecule has 4 rings (SSSR count).